The number of carbonyl (C=O) groups is 2. The van der Waals surface area contributed by atoms with Crippen molar-refractivity contribution in [3.63, 3.8) is 0 Å². The minimum absolute atomic E-state index is 0.0819. The molecule has 0 saturated heterocycles. The highest BCUT2D eigenvalue weighted by atomic mass is 32.2. The largest absolute Gasteiger partial charge is 0.468 e. The molecular weight excluding hydrogens is 292 g/mol. The highest BCUT2D eigenvalue weighted by Crippen LogP contribution is 2.29. The van der Waals surface area contributed by atoms with Gasteiger partial charge in [-0.1, -0.05) is 18.2 Å². The second-order valence-corrected chi connectivity index (χ2v) is 4.97. The zero-order valence-corrected chi connectivity index (χ0v) is 12.5. The molecule has 0 bridgehead atoms. The third-order valence-electron chi connectivity index (χ3n) is 2.65. The molecule has 2 aromatic rings. The summed E-state index contributed by atoms with van der Waals surface area (Å²) < 4.78 is 9.60. The minimum Gasteiger partial charge on any atom is -0.468 e. The Morgan fingerprint density at radius 2 is 2.00 bits per heavy atom. The van der Waals surface area contributed by atoms with E-state index in [0.717, 1.165) is 5.39 Å². The molecule has 7 heteroatoms. The van der Waals surface area contributed by atoms with Crippen molar-refractivity contribution in [1.82, 2.24) is 10.2 Å². The molecular formula is C14H14N2O4S. The van der Waals surface area contributed by atoms with Gasteiger partial charge in [-0.3, -0.25) is 4.79 Å². The van der Waals surface area contributed by atoms with E-state index in [1.54, 1.807) is 13.0 Å². The maximum absolute atomic E-state index is 12.0. The molecule has 2 rings (SSSR count). The van der Waals surface area contributed by atoms with Gasteiger partial charge in [0.2, 0.25) is 0 Å². The number of hydrogen-bond acceptors (Lipinski definition) is 7. The van der Waals surface area contributed by atoms with Crippen LogP contribution in [0.5, 0.6) is 0 Å². The Morgan fingerprint density at radius 1 is 1.24 bits per heavy atom. The molecule has 0 atom stereocenters. The Labute approximate surface area is 125 Å². The molecule has 0 aliphatic carbocycles. The number of hydrogen-bond donors (Lipinski definition) is 0. The summed E-state index contributed by atoms with van der Waals surface area (Å²) in [4.78, 5) is 23.9. The molecule has 0 radical (unpaired) electrons. The number of aromatic nitrogens is 2. The average Bonchev–Trinajstić information content (AvgIpc) is 2.52. The first-order valence-electron chi connectivity index (χ1n) is 6.29. The van der Waals surface area contributed by atoms with Crippen molar-refractivity contribution < 1.29 is 19.1 Å². The molecule has 0 amide bonds. The fraction of sp³-hybridized carbons (Fsp3) is 0.286. The first kappa shape index (κ1) is 15.2. The van der Waals surface area contributed by atoms with E-state index in [1.165, 1.54) is 18.9 Å². The Bertz CT molecular complexity index is 675. The normalized spacial score (nSPS) is 10.4. The summed E-state index contributed by atoms with van der Waals surface area (Å²) in [6.45, 7) is 1.96. The molecule has 0 fully saturated rings. The average molecular weight is 306 g/mol. The summed E-state index contributed by atoms with van der Waals surface area (Å²) in [5.41, 5.74) is 0.766. The molecule has 1 heterocycles. The lowest BCUT2D eigenvalue weighted by molar-refractivity contribution is -0.137. The van der Waals surface area contributed by atoms with E-state index < -0.39 is 5.97 Å². The molecule has 0 spiro atoms. The van der Waals surface area contributed by atoms with E-state index in [9.17, 15) is 9.59 Å². The molecule has 0 aliphatic rings. The zero-order chi connectivity index (χ0) is 15.2. The summed E-state index contributed by atoms with van der Waals surface area (Å²) in [6.07, 6.45) is 0. The van der Waals surface area contributed by atoms with Crippen LogP contribution in [0.25, 0.3) is 10.9 Å². The molecule has 110 valence electrons. The van der Waals surface area contributed by atoms with Gasteiger partial charge >= 0.3 is 11.9 Å². The van der Waals surface area contributed by atoms with Gasteiger partial charge in [0.15, 0.2) is 5.69 Å². The van der Waals surface area contributed by atoms with E-state index in [4.69, 9.17) is 4.74 Å². The van der Waals surface area contributed by atoms with Gasteiger partial charge in [0.05, 0.1) is 29.9 Å². The summed E-state index contributed by atoms with van der Waals surface area (Å²) in [5.74, 6) is -0.850. The van der Waals surface area contributed by atoms with Crippen molar-refractivity contribution in [3.05, 3.63) is 30.0 Å². The van der Waals surface area contributed by atoms with Crippen LogP contribution in [0.4, 0.5) is 0 Å². The van der Waals surface area contributed by atoms with Gasteiger partial charge < -0.3 is 9.47 Å². The first-order valence-corrected chi connectivity index (χ1v) is 7.28. The van der Waals surface area contributed by atoms with Crippen molar-refractivity contribution in [3.8, 4) is 0 Å². The standard InChI is InChI=1S/C14H14N2O4S/c1-3-20-14(18)12-13(21-8-11(17)19-2)9-6-4-5-7-10(9)15-16-12/h4-7H,3,8H2,1-2H3. The number of esters is 2. The lowest BCUT2D eigenvalue weighted by Gasteiger charge is -2.09. The molecule has 0 saturated carbocycles. The van der Waals surface area contributed by atoms with Gasteiger partial charge in [-0.2, -0.15) is 0 Å². The van der Waals surface area contributed by atoms with Crippen molar-refractivity contribution >= 4 is 34.6 Å². The van der Waals surface area contributed by atoms with E-state index >= 15 is 0 Å². The lowest BCUT2D eigenvalue weighted by atomic mass is 10.2. The second-order valence-electron chi connectivity index (χ2n) is 3.98. The molecule has 1 aromatic heterocycles. The van der Waals surface area contributed by atoms with Crippen LogP contribution < -0.4 is 0 Å². The second kappa shape index (κ2) is 7.03. The third kappa shape index (κ3) is 3.49. The lowest BCUT2D eigenvalue weighted by Crippen LogP contribution is -2.11. The zero-order valence-electron chi connectivity index (χ0n) is 11.7. The number of rotatable bonds is 5. The minimum atomic E-state index is -0.553. The number of benzene rings is 1. The third-order valence-corrected chi connectivity index (χ3v) is 3.73. The van der Waals surface area contributed by atoms with Crippen molar-refractivity contribution in [2.24, 2.45) is 0 Å². The van der Waals surface area contributed by atoms with E-state index in [-0.39, 0.29) is 24.0 Å². The molecule has 0 N–H and O–H groups in total. The van der Waals surface area contributed by atoms with Crippen LogP contribution in [-0.2, 0) is 14.3 Å². The van der Waals surface area contributed by atoms with Gasteiger partial charge in [0.1, 0.15) is 0 Å². The number of carbonyl (C=O) groups excluding carboxylic acids is 2. The quantitative estimate of drug-likeness (QED) is 0.618. The van der Waals surface area contributed by atoms with Crippen LogP contribution in [0.3, 0.4) is 0 Å². The predicted octanol–water partition coefficient (Wildman–Crippen LogP) is 2.07. The number of ether oxygens (including phenoxy) is 2. The fourth-order valence-corrected chi connectivity index (χ4v) is 2.67. The number of thioether (sulfide) groups is 1. The fourth-order valence-electron chi connectivity index (χ4n) is 1.70. The van der Waals surface area contributed by atoms with Crippen LogP contribution in [0.1, 0.15) is 17.4 Å². The molecule has 0 unspecified atom stereocenters. The molecule has 21 heavy (non-hydrogen) atoms. The van der Waals surface area contributed by atoms with Crippen LogP contribution in [0.15, 0.2) is 29.2 Å². The number of methoxy groups -OCH3 is 1. The van der Waals surface area contributed by atoms with Crippen LogP contribution in [0.2, 0.25) is 0 Å². The number of fused-ring (bicyclic) bond motifs is 1. The topological polar surface area (TPSA) is 78.4 Å². The highest BCUT2D eigenvalue weighted by molar-refractivity contribution is 8.00. The van der Waals surface area contributed by atoms with Crippen molar-refractivity contribution in [2.75, 3.05) is 19.5 Å². The first-order chi connectivity index (χ1) is 10.2. The van der Waals surface area contributed by atoms with E-state index in [0.29, 0.717) is 10.4 Å². The van der Waals surface area contributed by atoms with Crippen molar-refractivity contribution in [2.45, 2.75) is 11.8 Å². The molecule has 0 aliphatic heterocycles. The Hall–Kier alpha value is -2.15. The Kier molecular flexibility index (Phi) is 5.10. The Morgan fingerprint density at radius 3 is 2.71 bits per heavy atom. The summed E-state index contributed by atoms with van der Waals surface area (Å²) in [6, 6.07) is 7.28. The maximum Gasteiger partial charge on any atom is 0.360 e. The number of nitrogens with zero attached hydrogens (tertiary/aromatic N) is 2. The van der Waals surface area contributed by atoms with Crippen LogP contribution in [-0.4, -0.2) is 41.6 Å². The van der Waals surface area contributed by atoms with Gasteiger partial charge in [-0.05, 0) is 13.0 Å². The summed E-state index contributed by atoms with van der Waals surface area (Å²) in [7, 11) is 1.32. The monoisotopic (exact) mass is 306 g/mol. The van der Waals surface area contributed by atoms with Gasteiger partial charge in [0, 0.05) is 5.39 Å². The summed E-state index contributed by atoms with van der Waals surface area (Å²) in [5, 5.41) is 8.70. The predicted molar refractivity (Wildman–Crippen MR) is 78.2 cm³/mol. The van der Waals surface area contributed by atoms with Crippen molar-refractivity contribution in [1.29, 1.82) is 0 Å². The van der Waals surface area contributed by atoms with Gasteiger partial charge in [0.25, 0.3) is 0 Å². The maximum atomic E-state index is 12.0. The SMILES string of the molecule is CCOC(=O)c1nnc2ccccc2c1SCC(=O)OC. The Balaban J connectivity index is 2.46. The van der Waals surface area contributed by atoms with Crippen LogP contribution >= 0.6 is 11.8 Å². The smallest absolute Gasteiger partial charge is 0.360 e. The highest BCUT2D eigenvalue weighted by Gasteiger charge is 2.20. The molecule has 6 nitrogen and oxygen atoms in total. The summed E-state index contributed by atoms with van der Waals surface area (Å²) >= 11 is 1.19. The van der Waals surface area contributed by atoms with Crippen LogP contribution in [0, 0.1) is 0 Å². The molecule has 1 aromatic carbocycles. The van der Waals surface area contributed by atoms with E-state index in [2.05, 4.69) is 14.9 Å². The van der Waals surface area contributed by atoms with E-state index in [1.807, 2.05) is 18.2 Å². The van der Waals surface area contributed by atoms with Gasteiger partial charge in [-0.25, -0.2) is 4.79 Å². The van der Waals surface area contributed by atoms with Gasteiger partial charge in [-0.15, -0.1) is 22.0 Å².